The number of unbranched alkanes of at least 4 members (excludes halogenated alkanes) is 2. The first-order chi connectivity index (χ1) is 7.69. The standard InChI is InChI=1S/C12H18FNOS/c1-3-4-5-6-16-12-8-11(15-2)10(14)7-9(12)13/h7-8H,3-6,14H2,1-2H3. The normalized spacial score (nSPS) is 10.4. The highest BCUT2D eigenvalue weighted by molar-refractivity contribution is 7.99. The average Bonchev–Trinajstić information content (AvgIpc) is 2.27. The molecule has 0 unspecified atom stereocenters. The number of benzene rings is 1. The Kier molecular flexibility index (Phi) is 5.46. The lowest BCUT2D eigenvalue weighted by molar-refractivity contribution is 0.414. The summed E-state index contributed by atoms with van der Waals surface area (Å²) in [5.74, 6) is 1.21. The van der Waals surface area contributed by atoms with Gasteiger partial charge < -0.3 is 10.5 Å². The van der Waals surface area contributed by atoms with Gasteiger partial charge in [-0.15, -0.1) is 11.8 Å². The molecule has 0 aliphatic carbocycles. The van der Waals surface area contributed by atoms with Crippen LogP contribution < -0.4 is 10.5 Å². The maximum atomic E-state index is 13.5. The van der Waals surface area contributed by atoms with Crippen LogP contribution in [0.25, 0.3) is 0 Å². The zero-order valence-electron chi connectivity index (χ0n) is 9.75. The Morgan fingerprint density at radius 3 is 2.75 bits per heavy atom. The SMILES string of the molecule is CCCCCSc1cc(OC)c(N)cc1F. The Hall–Kier alpha value is -0.900. The van der Waals surface area contributed by atoms with Crippen LogP contribution in [-0.2, 0) is 0 Å². The van der Waals surface area contributed by atoms with E-state index in [1.54, 1.807) is 6.07 Å². The Morgan fingerprint density at radius 2 is 2.12 bits per heavy atom. The fraction of sp³-hybridized carbons (Fsp3) is 0.500. The van der Waals surface area contributed by atoms with Gasteiger partial charge in [-0.25, -0.2) is 4.39 Å². The molecule has 16 heavy (non-hydrogen) atoms. The highest BCUT2D eigenvalue weighted by Crippen LogP contribution is 2.31. The van der Waals surface area contributed by atoms with Crippen LogP contribution in [0, 0.1) is 5.82 Å². The van der Waals surface area contributed by atoms with Gasteiger partial charge in [-0.1, -0.05) is 19.8 Å². The predicted octanol–water partition coefficient (Wildman–Crippen LogP) is 3.70. The topological polar surface area (TPSA) is 35.2 Å². The number of nitrogens with two attached hydrogens (primary N) is 1. The van der Waals surface area contributed by atoms with E-state index in [9.17, 15) is 4.39 Å². The number of rotatable bonds is 6. The number of thioether (sulfide) groups is 1. The maximum absolute atomic E-state index is 13.5. The number of anilines is 1. The van der Waals surface area contributed by atoms with Crippen LogP contribution >= 0.6 is 11.8 Å². The van der Waals surface area contributed by atoms with E-state index in [4.69, 9.17) is 10.5 Å². The number of nitrogen functional groups attached to an aromatic ring is 1. The van der Waals surface area contributed by atoms with Crippen molar-refractivity contribution in [2.75, 3.05) is 18.6 Å². The molecular formula is C12H18FNOS. The van der Waals surface area contributed by atoms with Crippen molar-refractivity contribution in [1.82, 2.24) is 0 Å². The van der Waals surface area contributed by atoms with Gasteiger partial charge in [0.25, 0.3) is 0 Å². The average molecular weight is 243 g/mol. The minimum atomic E-state index is -0.264. The minimum Gasteiger partial charge on any atom is -0.495 e. The smallest absolute Gasteiger partial charge is 0.143 e. The fourth-order valence-electron chi connectivity index (χ4n) is 1.37. The van der Waals surface area contributed by atoms with E-state index < -0.39 is 0 Å². The molecule has 0 atom stereocenters. The quantitative estimate of drug-likeness (QED) is 0.470. The largest absolute Gasteiger partial charge is 0.495 e. The lowest BCUT2D eigenvalue weighted by Gasteiger charge is -2.08. The highest BCUT2D eigenvalue weighted by Gasteiger charge is 2.08. The summed E-state index contributed by atoms with van der Waals surface area (Å²) in [6, 6.07) is 2.99. The highest BCUT2D eigenvalue weighted by atomic mass is 32.2. The molecule has 0 fully saturated rings. The van der Waals surface area contributed by atoms with Crippen LogP contribution in [-0.4, -0.2) is 12.9 Å². The van der Waals surface area contributed by atoms with Gasteiger partial charge in [0.15, 0.2) is 0 Å². The first kappa shape index (κ1) is 13.2. The first-order valence-corrected chi connectivity index (χ1v) is 6.43. The van der Waals surface area contributed by atoms with Crippen molar-refractivity contribution in [3.05, 3.63) is 17.9 Å². The van der Waals surface area contributed by atoms with Crippen molar-refractivity contribution < 1.29 is 9.13 Å². The van der Waals surface area contributed by atoms with E-state index in [1.165, 1.54) is 37.8 Å². The van der Waals surface area contributed by atoms with Crippen molar-refractivity contribution in [3.8, 4) is 5.75 Å². The summed E-state index contributed by atoms with van der Waals surface area (Å²) in [6.07, 6.45) is 3.46. The summed E-state index contributed by atoms with van der Waals surface area (Å²) in [4.78, 5) is 0.613. The van der Waals surface area contributed by atoms with Crippen LogP contribution in [0.1, 0.15) is 26.2 Å². The number of hydrogen-bond donors (Lipinski definition) is 1. The van der Waals surface area contributed by atoms with Crippen molar-refractivity contribution in [2.24, 2.45) is 0 Å². The molecular weight excluding hydrogens is 225 g/mol. The third-order valence-corrected chi connectivity index (χ3v) is 3.41. The van der Waals surface area contributed by atoms with E-state index in [-0.39, 0.29) is 5.82 Å². The third-order valence-electron chi connectivity index (χ3n) is 2.29. The molecule has 0 radical (unpaired) electrons. The van der Waals surface area contributed by atoms with Crippen molar-refractivity contribution in [2.45, 2.75) is 31.1 Å². The third kappa shape index (κ3) is 3.59. The molecule has 0 aromatic heterocycles. The molecule has 0 spiro atoms. The van der Waals surface area contributed by atoms with E-state index in [0.717, 1.165) is 12.2 Å². The second kappa shape index (κ2) is 6.63. The summed E-state index contributed by atoms with van der Waals surface area (Å²) in [5.41, 5.74) is 5.95. The summed E-state index contributed by atoms with van der Waals surface area (Å²) in [5, 5.41) is 0. The van der Waals surface area contributed by atoms with Crippen LogP contribution in [0.3, 0.4) is 0 Å². The van der Waals surface area contributed by atoms with E-state index in [0.29, 0.717) is 16.3 Å². The first-order valence-electron chi connectivity index (χ1n) is 5.44. The molecule has 0 aliphatic rings. The summed E-state index contributed by atoms with van der Waals surface area (Å²) in [6.45, 7) is 2.15. The Bertz CT molecular complexity index is 344. The van der Waals surface area contributed by atoms with Crippen molar-refractivity contribution in [3.63, 3.8) is 0 Å². The predicted molar refractivity (Wildman–Crippen MR) is 67.6 cm³/mol. The molecule has 2 nitrogen and oxygen atoms in total. The monoisotopic (exact) mass is 243 g/mol. The van der Waals surface area contributed by atoms with E-state index in [2.05, 4.69) is 6.92 Å². The van der Waals surface area contributed by atoms with E-state index >= 15 is 0 Å². The molecule has 0 heterocycles. The molecule has 0 saturated carbocycles. The van der Waals surface area contributed by atoms with Crippen LogP contribution in [0.5, 0.6) is 5.75 Å². The number of ether oxygens (including phenoxy) is 1. The van der Waals surface area contributed by atoms with Gasteiger partial charge in [-0.2, -0.15) is 0 Å². The fourth-order valence-corrected chi connectivity index (χ4v) is 2.33. The van der Waals surface area contributed by atoms with Gasteiger partial charge in [0.1, 0.15) is 11.6 Å². The minimum absolute atomic E-state index is 0.264. The van der Waals surface area contributed by atoms with Gasteiger partial charge in [-0.3, -0.25) is 0 Å². The zero-order chi connectivity index (χ0) is 12.0. The van der Waals surface area contributed by atoms with Crippen LogP contribution in [0.4, 0.5) is 10.1 Å². The maximum Gasteiger partial charge on any atom is 0.143 e. The van der Waals surface area contributed by atoms with Gasteiger partial charge in [0.2, 0.25) is 0 Å². The summed E-state index contributed by atoms with van der Waals surface area (Å²) >= 11 is 1.51. The van der Waals surface area contributed by atoms with Crippen LogP contribution in [0.15, 0.2) is 17.0 Å². The Labute approximate surface area is 100 Å². The molecule has 2 N–H and O–H groups in total. The number of halogens is 1. The molecule has 0 saturated heterocycles. The molecule has 1 aromatic rings. The summed E-state index contributed by atoms with van der Waals surface area (Å²) in [7, 11) is 1.54. The number of methoxy groups -OCH3 is 1. The second-order valence-corrected chi connectivity index (χ2v) is 4.72. The Morgan fingerprint density at radius 1 is 1.38 bits per heavy atom. The van der Waals surface area contributed by atoms with Crippen molar-refractivity contribution >= 4 is 17.4 Å². The van der Waals surface area contributed by atoms with Gasteiger partial charge in [0.05, 0.1) is 12.8 Å². The molecule has 4 heteroatoms. The lowest BCUT2D eigenvalue weighted by atomic mass is 10.3. The van der Waals surface area contributed by atoms with Crippen molar-refractivity contribution in [1.29, 1.82) is 0 Å². The molecule has 1 aromatic carbocycles. The number of hydrogen-bond acceptors (Lipinski definition) is 3. The van der Waals surface area contributed by atoms with Gasteiger partial charge >= 0.3 is 0 Å². The molecule has 1 rings (SSSR count). The van der Waals surface area contributed by atoms with Crippen LogP contribution in [0.2, 0.25) is 0 Å². The molecule has 90 valence electrons. The van der Waals surface area contributed by atoms with E-state index in [1.807, 2.05) is 0 Å². The summed E-state index contributed by atoms with van der Waals surface area (Å²) < 4.78 is 18.6. The zero-order valence-corrected chi connectivity index (χ0v) is 10.6. The molecule has 0 bridgehead atoms. The lowest BCUT2D eigenvalue weighted by Crippen LogP contribution is -1.95. The Balaban J connectivity index is 2.64. The second-order valence-electron chi connectivity index (χ2n) is 3.58. The molecule has 0 aliphatic heterocycles. The molecule has 0 amide bonds. The van der Waals surface area contributed by atoms with Gasteiger partial charge in [-0.05, 0) is 18.2 Å². The van der Waals surface area contributed by atoms with Gasteiger partial charge in [0, 0.05) is 11.0 Å².